The lowest BCUT2D eigenvalue weighted by atomic mass is 9.66. The van der Waals surface area contributed by atoms with Crippen molar-refractivity contribution in [3.8, 4) is 0 Å². The average molecular weight is 110 g/mol. The lowest BCUT2D eigenvalue weighted by Crippen LogP contribution is -2.28. The minimum atomic E-state index is 1.18. The molecule has 2 saturated carbocycles. The van der Waals surface area contributed by atoms with Gasteiger partial charge in [0.15, 0.2) is 0 Å². The van der Waals surface area contributed by atoms with Gasteiger partial charge in [0.2, 0.25) is 0 Å². The van der Waals surface area contributed by atoms with Gasteiger partial charge in [-0.25, -0.2) is 0 Å². The Bertz CT molecular complexity index is 74.0. The highest BCUT2D eigenvalue weighted by Gasteiger charge is 2.31. The lowest BCUT2D eigenvalue weighted by molar-refractivity contribution is 0.115. The smallest absolute Gasteiger partial charge is 0.0386 e. The molecule has 0 nitrogen and oxygen atoms in total. The molecule has 2 aliphatic rings. The second-order valence-corrected chi connectivity index (χ2v) is 3.38. The summed E-state index contributed by atoms with van der Waals surface area (Å²) in [6.07, 6.45) is 9.30. The van der Waals surface area contributed by atoms with Gasteiger partial charge >= 0.3 is 0 Å². The topological polar surface area (TPSA) is 0 Å². The third-order valence-electron chi connectivity index (χ3n) is 2.97. The fourth-order valence-electron chi connectivity index (χ4n) is 2.21. The van der Waals surface area contributed by atoms with Gasteiger partial charge < -0.3 is 0 Å². The Labute approximate surface area is 51.3 Å². The molecule has 2 rings (SSSR count). The standard InChI is InChI=1S/C8H14/c1-2-4-8-6-5-7(8)3-1/h7-8H,1-6H2/t7-,8?/m1/s1. The monoisotopic (exact) mass is 110 g/mol. The van der Waals surface area contributed by atoms with Crippen molar-refractivity contribution in [1.82, 2.24) is 0 Å². The van der Waals surface area contributed by atoms with Crippen LogP contribution in [0.2, 0.25) is 0 Å². The van der Waals surface area contributed by atoms with E-state index in [1.54, 1.807) is 25.7 Å². The van der Waals surface area contributed by atoms with Gasteiger partial charge in [0.1, 0.15) is 0 Å². The van der Waals surface area contributed by atoms with E-state index in [1.807, 2.05) is 0 Å². The summed E-state index contributed by atoms with van der Waals surface area (Å²) in [5.41, 5.74) is 0. The summed E-state index contributed by atoms with van der Waals surface area (Å²) in [6.45, 7) is 0. The van der Waals surface area contributed by atoms with Gasteiger partial charge in [0, 0.05) is 0 Å². The van der Waals surface area contributed by atoms with E-state index in [0.717, 1.165) is 0 Å². The molecule has 0 aromatic rings. The molecule has 8 heavy (non-hydrogen) atoms. The fraction of sp³-hybridized carbons (Fsp3) is 1.00. The van der Waals surface area contributed by atoms with Crippen LogP contribution in [-0.2, 0) is 0 Å². The third kappa shape index (κ3) is 0.586. The molecule has 0 aromatic carbocycles. The molecule has 0 heteroatoms. The van der Waals surface area contributed by atoms with Gasteiger partial charge in [-0.1, -0.05) is 25.7 Å². The van der Waals surface area contributed by atoms with Crippen molar-refractivity contribution >= 4 is 0 Å². The van der Waals surface area contributed by atoms with Crippen molar-refractivity contribution in [2.24, 2.45) is 11.8 Å². The largest absolute Gasteiger partial charge is 0.0530 e. The van der Waals surface area contributed by atoms with E-state index in [-0.39, 0.29) is 0 Å². The second-order valence-electron chi connectivity index (χ2n) is 3.38. The van der Waals surface area contributed by atoms with E-state index in [9.17, 15) is 0 Å². The minimum Gasteiger partial charge on any atom is -0.0530 e. The van der Waals surface area contributed by atoms with E-state index in [4.69, 9.17) is 0 Å². The minimum absolute atomic E-state index is 1.18. The van der Waals surface area contributed by atoms with Gasteiger partial charge in [-0.3, -0.25) is 0 Å². The molecule has 1 unspecified atom stereocenters. The molecule has 0 N–H and O–H groups in total. The van der Waals surface area contributed by atoms with E-state index < -0.39 is 0 Å². The van der Waals surface area contributed by atoms with Crippen molar-refractivity contribution in [3.63, 3.8) is 0 Å². The van der Waals surface area contributed by atoms with Gasteiger partial charge in [0.25, 0.3) is 0 Å². The number of fused-ring (bicyclic) bond motifs is 1. The molecule has 0 bridgehead atoms. The summed E-state index contributed by atoms with van der Waals surface area (Å²) in [7, 11) is 0. The molecule has 0 aromatic heterocycles. The third-order valence-corrected chi connectivity index (χ3v) is 2.97. The van der Waals surface area contributed by atoms with Crippen LogP contribution in [0.1, 0.15) is 38.5 Å². The molecule has 0 amide bonds. The number of hydrogen-bond donors (Lipinski definition) is 0. The Morgan fingerprint density at radius 1 is 0.625 bits per heavy atom. The van der Waals surface area contributed by atoms with Crippen molar-refractivity contribution in [1.29, 1.82) is 0 Å². The SMILES string of the molecule is C1CC[C@@H]2CCC2C1. The predicted molar refractivity (Wildman–Crippen MR) is 34.7 cm³/mol. The maximum atomic E-state index is 1.56. The van der Waals surface area contributed by atoms with Crippen LogP contribution in [0.15, 0.2) is 0 Å². The van der Waals surface area contributed by atoms with Crippen LogP contribution in [0.4, 0.5) is 0 Å². The number of hydrogen-bond acceptors (Lipinski definition) is 0. The zero-order valence-corrected chi connectivity index (χ0v) is 5.40. The lowest BCUT2D eigenvalue weighted by Gasteiger charge is -2.40. The van der Waals surface area contributed by atoms with Gasteiger partial charge in [0.05, 0.1) is 0 Å². The Morgan fingerprint density at radius 3 is 1.38 bits per heavy atom. The van der Waals surface area contributed by atoms with E-state index in [0.29, 0.717) is 0 Å². The van der Waals surface area contributed by atoms with E-state index >= 15 is 0 Å². The maximum Gasteiger partial charge on any atom is -0.0386 e. The van der Waals surface area contributed by atoms with Crippen LogP contribution in [-0.4, -0.2) is 0 Å². The van der Waals surface area contributed by atoms with Crippen molar-refractivity contribution in [3.05, 3.63) is 0 Å². The van der Waals surface area contributed by atoms with E-state index in [2.05, 4.69) is 0 Å². The molecule has 2 aliphatic carbocycles. The molecule has 0 saturated heterocycles. The van der Waals surface area contributed by atoms with Crippen LogP contribution >= 0.6 is 0 Å². The van der Waals surface area contributed by atoms with Crippen LogP contribution in [0.3, 0.4) is 0 Å². The normalized spacial score (nSPS) is 45.0. The highest BCUT2D eigenvalue weighted by molar-refractivity contribution is 4.83. The highest BCUT2D eigenvalue weighted by atomic mass is 14.4. The summed E-state index contributed by atoms with van der Waals surface area (Å²) in [6, 6.07) is 0. The zero-order valence-electron chi connectivity index (χ0n) is 5.40. The first-order valence-corrected chi connectivity index (χ1v) is 3.97. The molecule has 0 heterocycles. The van der Waals surface area contributed by atoms with Gasteiger partial charge in [-0.2, -0.15) is 0 Å². The first-order chi connectivity index (χ1) is 3.97. The van der Waals surface area contributed by atoms with Crippen molar-refractivity contribution in [2.45, 2.75) is 38.5 Å². The molecule has 0 spiro atoms. The number of rotatable bonds is 0. The Morgan fingerprint density at radius 2 is 1.12 bits per heavy atom. The van der Waals surface area contributed by atoms with Crippen molar-refractivity contribution in [2.75, 3.05) is 0 Å². The van der Waals surface area contributed by atoms with Crippen LogP contribution < -0.4 is 0 Å². The molecular formula is C8H14. The van der Waals surface area contributed by atoms with Gasteiger partial charge in [-0.15, -0.1) is 0 Å². The van der Waals surface area contributed by atoms with Crippen molar-refractivity contribution < 1.29 is 0 Å². The molecule has 0 aliphatic heterocycles. The summed E-state index contributed by atoms with van der Waals surface area (Å²) in [4.78, 5) is 0. The average Bonchev–Trinajstić information content (AvgIpc) is 1.72. The molecule has 2 fully saturated rings. The summed E-state index contributed by atoms with van der Waals surface area (Å²) < 4.78 is 0. The highest BCUT2D eigenvalue weighted by Crippen LogP contribution is 2.44. The first-order valence-electron chi connectivity index (χ1n) is 3.97. The molecule has 46 valence electrons. The van der Waals surface area contributed by atoms with Crippen LogP contribution in [0, 0.1) is 11.8 Å². The Kier molecular flexibility index (Phi) is 1.06. The van der Waals surface area contributed by atoms with E-state index in [1.165, 1.54) is 24.7 Å². The fourth-order valence-corrected chi connectivity index (χ4v) is 2.21. The van der Waals surface area contributed by atoms with Crippen LogP contribution in [0.5, 0.6) is 0 Å². The quantitative estimate of drug-likeness (QED) is 0.449. The second kappa shape index (κ2) is 1.75. The zero-order chi connectivity index (χ0) is 5.40. The predicted octanol–water partition coefficient (Wildman–Crippen LogP) is 2.59. The molecule has 0 radical (unpaired) electrons. The summed E-state index contributed by atoms with van der Waals surface area (Å²) >= 11 is 0. The summed E-state index contributed by atoms with van der Waals surface area (Å²) in [5, 5.41) is 0. The Hall–Kier alpha value is 0. The molecular weight excluding hydrogens is 96.1 g/mol. The molecule has 2 atom stereocenters. The maximum absolute atomic E-state index is 1.56. The van der Waals surface area contributed by atoms with Crippen LogP contribution in [0.25, 0.3) is 0 Å². The summed E-state index contributed by atoms with van der Waals surface area (Å²) in [5.74, 6) is 2.37. The Balaban J connectivity index is 1.92. The first kappa shape index (κ1) is 4.84. The van der Waals surface area contributed by atoms with Gasteiger partial charge in [-0.05, 0) is 24.7 Å².